The number of hydrogen-bond donors (Lipinski definition) is 2. The van der Waals surface area contributed by atoms with Gasteiger partial charge in [0.15, 0.2) is 0 Å². The number of benzene rings is 2. The van der Waals surface area contributed by atoms with Crippen molar-refractivity contribution >= 4 is 27.7 Å². The summed E-state index contributed by atoms with van der Waals surface area (Å²) in [7, 11) is -3.65. The van der Waals surface area contributed by atoms with Gasteiger partial charge in [0.2, 0.25) is 10.0 Å². The van der Waals surface area contributed by atoms with E-state index in [1.54, 1.807) is 32.0 Å². The topological polar surface area (TPSA) is 105 Å². The molecule has 1 saturated heterocycles. The Morgan fingerprint density at radius 3 is 2.69 bits per heavy atom. The van der Waals surface area contributed by atoms with Crippen molar-refractivity contribution in [2.45, 2.75) is 25.3 Å². The lowest BCUT2D eigenvalue weighted by molar-refractivity contribution is 0.0950. The number of nitrogens with zero attached hydrogens (tertiary/aromatic N) is 1. The quantitative estimate of drug-likeness (QED) is 0.718. The van der Waals surface area contributed by atoms with Crippen LogP contribution in [-0.4, -0.2) is 40.1 Å². The molecule has 3 rings (SSSR count). The number of carbonyl (C=O) groups excluding carboxylic acids is 2. The molecule has 154 valence electrons. The Balaban J connectivity index is 1.74. The van der Waals surface area contributed by atoms with Crippen molar-refractivity contribution in [3.63, 3.8) is 0 Å². The highest BCUT2D eigenvalue weighted by Crippen LogP contribution is 2.20. The molecule has 29 heavy (non-hydrogen) atoms. The molecule has 1 heterocycles. The number of amides is 2. The van der Waals surface area contributed by atoms with Crippen molar-refractivity contribution in [2.24, 2.45) is 0 Å². The molecule has 1 aliphatic heterocycles. The second-order valence-electron chi connectivity index (χ2n) is 6.60. The van der Waals surface area contributed by atoms with Crippen LogP contribution in [0.25, 0.3) is 0 Å². The summed E-state index contributed by atoms with van der Waals surface area (Å²) in [6, 6.07) is 11.7. The summed E-state index contributed by atoms with van der Waals surface area (Å²) in [6.07, 6.45) is -0.388. The van der Waals surface area contributed by atoms with Gasteiger partial charge in [-0.25, -0.2) is 17.9 Å². The third-order valence-corrected chi connectivity index (χ3v) is 6.08. The molecule has 1 aliphatic rings. The summed E-state index contributed by atoms with van der Waals surface area (Å²) < 4.78 is 31.8. The Morgan fingerprint density at radius 1 is 1.21 bits per heavy atom. The molecule has 0 radical (unpaired) electrons. The summed E-state index contributed by atoms with van der Waals surface area (Å²) in [5.74, 6) is -0.373. The maximum absolute atomic E-state index is 12.7. The third kappa shape index (κ3) is 4.75. The highest BCUT2D eigenvalue weighted by Gasteiger charge is 2.23. The number of aryl methyl sites for hydroxylation is 1. The van der Waals surface area contributed by atoms with E-state index < -0.39 is 10.0 Å². The number of anilines is 1. The molecule has 1 fully saturated rings. The summed E-state index contributed by atoms with van der Waals surface area (Å²) in [6.45, 7) is 4.78. The SMILES string of the molecule is CCNS(=O)(=O)c1ccc(C)c(C(=O)NCc2cccc(N3CCOC3=O)c2)c1. The van der Waals surface area contributed by atoms with Gasteiger partial charge in [-0.3, -0.25) is 9.69 Å². The van der Waals surface area contributed by atoms with Gasteiger partial charge in [0, 0.05) is 24.3 Å². The Morgan fingerprint density at radius 2 is 2.00 bits per heavy atom. The van der Waals surface area contributed by atoms with Crippen molar-refractivity contribution in [3.05, 3.63) is 59.2 Å². The van der Waals surface area contributed by atoms with Crippen LogP contribution in [0.4, 0.5) is 10.5 Å². The first kappa shape index (κ1) is 20.8. The summed E-state index contributed by atoms with van der Waals surface area (Å²) >= 11 is 0. The first-order valence-corrected chi connectivity index (χ1v) is 10.7. The van der Waals surface area contributed by atoms with Crippen molar-refractivity contribution in [1.82, 2.24) is 10.0 Å². The molecule has 0 aromatic heterocycles. The number of rotatable bonds is 7. The molecule has 0 bridgehead atoms. The van der Waals surface area contributed by atoms with E-state index in [0.717, 1.165) is 5.56 Å². The molecule has 0 saturated carbocycles. The molecular formula is C20H23N3O5S. The lowest BCUT2D eigenvalue weighted by atomic mass is 10.1. The molecule has 0 aliphatic carbocycles. The van der Waals surface area contributed by atoms with E-state index in [9.17, 15) is 18.0 Å². The first-order chi connectivity index (χ1) is 13.8. The Bertz CT molecular complexity index is 1040. The van der Waals surface area contributed by atoms with Gasteiger partial charge >= 0.3 is 6.09 Å². The van der Waals surface area contributed by atoms with E-state index in [1.807, 2.05) is 12.1 Å². The standard InChI is InChI=1S/C20H23N3O5S/c1-3-22-29(26,27)17-8-7-14(2)18(12-17)19(24)21-13-15-5-4-6-16(11-15)23-9-10-28-20(23)25/h4-8,11-12,22H,3,9-10,13H2,1-2H3,(H,21,24). The van der Waals surface area contributed by atoms with Crippen LogP contribution in [0.2, 0.25) is 0 Å². The zero-order valence-corrected chi connectivity index (χ0v) is 17.1. The van der Waals surface area contributed by atoms with Crippen LogP contribution in [0, 0.1) is 6.92 Å². The van der Waals surface area contributed by atoms with Gasteiger partial charge in [0.05, 0.1) is 11.4 Å². The van der Waals surface area contributed by atoms with E-state index in [1.165, 1.54) is 17.0 Å². The van der Waals surface area contributed by atoms with Crippen molar-refractivity contribution in [1.29, 1.82) is 0 Å². The van der Waals surface area contributed by atoms with Gasteiger partial charge in [0.25, 0.3) is 5.91 Å². The normalized spacial score (nSPS) is 14.0. The minimum atomic E-state index is -3.65. The van der Waals surface area contributed by atoms with Crippen LogP contribution in [0.15, 0.2) is 47.4 Å². The van der Waals surface area contributed by atoms with E-state index >= 15 is 0 Å². The Kier molecular flexibility index (Phi) is 6.19. The third-order valence-electron chi connectivity index (χ3n) is 4.53. The molecule has 2 aromatic rings. The molecular weight excluding hydrogens is 394 g/mol. The Hall–Kier alpha value is -2.91. The predicted molar refractivity (Wildman–Crippen MR) is 108 cm³/mol. The largest absolute Gasteiger partial charge is 0.447 e. The van der Waals surface area contributed by atoms with Gasteiger partial charge in [-0.05, 0) is 42.3 Å². The maximum Gasteiger partial charge on any atom is 0.414 e. The number of hydrogen-bond acceptors (Lipinski definition) is 5. The minimum Gasteiger partial charge on any atom is -0.447 e. The van der Waals surface area contributed by atoms with E-state index in [2.05, 4.69) is 10.0 Å². The average molecular weight is 417 g/mol. The summed E-state index contributed by atoms with van der Waals surface area (Å²) in [4.78, 5) is 26.0. The van der Waals surface area contributed by atoms with Crippen LogP contribution >= 0.6 is 0 Å². The molecule has 2 aromatic carbocycles. The maximum atomic E-state index is 12.7. The average Bonchev–Trinajstić information content (AvgIpc) is 3.12. The van der Waals surface area contributed by atoms with Crippen molar-refractivity contribution in [3.8, 4) is 0 Å². The zero-order chi connectivity index (χ0) is 21.0. The molecule has 0 unspecified atom stereocenters. The molecule has 2 amide bonds. The fourth-order valence-corrected chi connectivity index (χ4v) is 4.09. The lowest BCUT2D eigenvalue weighted by Crippen LogP contribution is -2.26. The van der Waals surface area contributed by atoms with Crippen LogP contribution < -0.4 is 14.9 Å². The summed E-state index contributed by atoms with van der Waals surface area (Å²) in [5, 5.41) is 2.81. The fraction of sp³-hybridized carbons (Fsp3) is 0.300. The second kappa shape index (κ2) is 8.62. The van der Waals surface area contributed by atoms with E-state index in [4.69, 9.17) is 4.74 Å². The Labute approximate surface area is 169 Å². The van der Waals surface area contributed by atoms with Gasteiger partial charge in [-0.15, -0.1) is 0 Å². The number of carbonyl (C=O) groups is 2. The smallest absolute Gasteiger partial charge is 0.414 e. The van der Waals surface area contributed by atoms with Crippen molar-refractivity contribution in [2.75, 3.05) is 24.6 Å². The molecule has 8 nitrogen and oxygen atoms in total. The van der Waals surface area contributed by atoms with E-state index in [-0.39, 0.29) is 30.0 Å². The summed E-state index contributed by atoms with van der Waals surface area (Å²) in [5.41, 5.74) is 2.48. The molecule has 2 N–H and O–H groups in total. The molecule has 9 heteroatoms. The predicted octanol–water partition coefficient (Wildman–Crippen LogP) is 2.18. The second-order valence-corrected chi connectivity index (χ2v) is 8.36. The van der Waals surface area contributed by atoms with Crippen LogP contribution in [0.5, 0.6) is 0 Å². The van der Waals surface area contributed by atoms with Gasteiger partial charge < -0.3 is 10.1 Å². The van der Waals surface area contributed by atoms with Gasteiger partial charge in [-0.2, -0.15) is 0 Å². The zero-order valence-electron chi connectivity index (χ0n) is 16.3. The van der Waals surface area contributed by atoms with Crippen LogP contribution in [-0.2, 0) is 21.3 Å². The number of sulfonamides is 1. The lowest BCUT2D eigenvalue weighted by Gasteiger charge is -2.14. The van der Waals surface area contributed by atoms with Crippen molar-refractivity contribution < 1.29 is 22.7 Å². The number of cyclic esters (lactones) is 1. The van der Waals surface area contributed by atoms with Gasteiger partial charge in [0.1, 0.15) is 6.61 Å². The highest BCUT2D eigenvalue weighted by atomic mass is 32.2. The minimum absolute atomic E-state index is 0.0460. The van der Waals surface area contributed by atoms with E-state index in [0.29, 0.717) is 30.0 Å². The highest BCUT2D eigenvalue weighted by molar-refractivity contribution is 7.89. The molecule has 0 atom stereocenters. The number of ether oxygens (including phenoxy) is 1. The van der Waals surface area contributed by atoms with Gasteiger partial charge in [-0.1, -0.05) is 25.1 Å². The monoisotopic (exact) mass is 417 g/mol. The van der Waals surface area contributed by atoms with Crippen LogP contribution in [0.3, 0.4) is 0 Å². The number of nitrogens with one attached hydrogen (secondary N) is 2. The fourth-order valence-electron chi connectivity index (χ4n) is 3.03. The van der Waals surface area contributed by atoms with Crippen LogP contribution in [0.1, 0.15) is 28.4 Å². The first-order valence-electron chi connectivity index (χ1n) is 9.23. The molecule has 0 spiro atoms.